The predicted octanol–water partition coefficient (Wildman–Crippen LogP) is 4.26. The van der Waals surface area contributed by atoms with Crippen LogP contribution in [0.5, 0.6) is 0 Å². The molecule has 162 valence electrons. The maximum absolute atomic E-state index is 12.9. The van der Waals surface area contributed by atoms with E-state index in [0.29, 0.717) is 30.3 Å². The number of hydrogen-bond acceptors (Lipinski definition) is 4. The Balaban J connectivity index is 0.00000150. The Morgan fingerprint density at radius 2 is 2.10 bits per heavy atom. The molecule has 2 fully saturated rings. The molecule has 1 N–H and O–H groups in total. The molecule has 3 heterocycles. The molecule has 2 aliphatic heterocycles. The minimum absolute atomic E-state index is 0. The SMILES string of the molecule is CC(C)n1c(C2CCCN(C(=O)CC3CSCCN3)C2)nc2ccccc21.Cl.Cl. The normalized spacial score (nSPS) is 22.2. The number of carbonyl (C=O) groups is 1. The molecule has 8 heteroatoms. The molecule has 2 saturated heterocycles. The number of thioether (sulfide) groups is 1. The number of amides is 1. The monoisotopic (exact) mass is 458 g/mol. The number of imidazole rings is 1. The van der Waals surface area contributed by atoms with Gasteiger partial charge in [0.2, 0.25) is 5.91 Å². The smallest absolute Gasteiger partial charge is 0.224 e. The number of halogens is 2. The highest BCUT2D eigenvalue weighted by Crippen LogP contribution is 2.32. The van der Waals surface area contributed by atoms with E-state index in [1.54, 1.807) is 0 Å². The Morgan fingerprint density at radius 1 is 1.31 bits per heavy atom. The summed E-state index contributed by atoms with van der Waals surface area (Å²) in [5.41, 5.74) is 2.27. The lowest BCUT2D eigenvalue weighted by atomic mass is 9.96. The number of likely N-dealkylation sites (tertiary alicyclic amines) is 1. The van der Waals surface area contributed by atoms with Crippen LogP contribution in [-0.4, -0.2) is 57.5 Å². The van der Waals surface area contributed by atoms with Gasteiger partial charge in [-0.15, -0.1) is 24.8 Å². The number of para-hydroxylation sites is 2. The third-order valence-corrected chi connectivity index (χ3v) is 6.83. The number of nitrogens with one attached hydrogen (secondary N) is 1. The Bertz CT molecular complexity index is 807. The molecule has 0 aliphatic carbocycles. The van der Waals surface area contributed by atoms with Gasteiger partial charge in [0.1, 0.15) is 5.82 Å². The summed E-state index contributed by atoms with van der Waals surface area (Å²) in [5.74, 6) is 3.97. The lowest BCUT2D eigenvalue weighted by Gasteiger charge is -2.34. The molecule has 1 amide bonds. The standard InChI is InChI=1S/C21H30N4OS.2ClH/c1-15(2)25-19-8-4-3-7-18(19)23-21(25)16-6-5-10-24(13-16)20(26)12-17-14-27-11-9-22-17;;/h3-4,7-8,15-17,22H,5-6,9-14H2,1-2H3;2*1H. The molecule has 2 aromatic rings. The summed E-state index contributed by atoms with van der Waals surface area (Å²) >= 11 is 1.95. The second kappa shape index (κ2) is 10.9. The van der Waals surface area contributed by atoms with E-state index in [2.05, 4.69) is 52.9 Å². The molecule has 2 atom stereocenters. The van der Waals surface area contributed by atoms with E-state index in [9.17, 15) is 4.79 Å². The van der Waals surface area contributed by atoms with E-state index in [4.69, 9.17) is 4.98 Å². The van der Waals surface area contributed by atoms with E-state index >= 15 is 0 Å². The molecule has 1 aromatic heterocycles. The van der Waals surface area contributed by atoms with E-state index < -0.39 is 0 Å². The highest BCUT2D eigenvalue weighted by molar-refractivity contribution is 7.99. The lowest BCUT2D eigenvalue weighted by Crippen LogP contribution is -2.45. The average molecular weight is 459 g/mol. The van der Waals surface area contributed by atoms with Gasteiger partial charge in [0, 0.05) is 55.6 Å². The highest BCUT2D eigenvalue weighted by Gasteiger charge is 2.30. The largest absolute Gasteiger partial charge is 0.342 e. The Hall–Kier alpha value is -0.950. The molecule has 4 rings (SSSR count). The van der Waals surface area contributed by atoms with Crippen molar-refractivity contribution in [1.29, 1.82) is 0 Å². The van der Waals surface area contributed by atoms with Gasteiger partial charge in [-0.05, 0) is 38.8 Å². The van der Waals surface area contributed by atoms with Gasteiger partial charge in [-0.25, -0.2) is 4.98 Å². The van der Waals surface area contributed by atoms with Crippen molar-refractivity contribution in [3.05, 3.63) is 30.1 Å². The van der Waals surface area contributed by atoms with Crippen molar-refractivity contribution in [1.82, 2.24) is 19.8 Å². The molecule has 29 heavy (non-hydrogen) atoms. The van der Waals surface area contributed by atoms with Crippen molar-refractivity contribution in [3.63, 3.8) is 0 Å². The summed E-state index contributed by atoms with van der Waals surface area (Å²) in [6, 6.07) is 9.08. The number of rotatable bonds is 4. The van der Waals surface area contributed by atoms with Crippen molar-refractivity contribution in [2.45, 2.75) is 51.1 Å². The summed E-state index contributed by atoms with van der Waals surface area (Å²) in [6.07, 6.45) is 2.79. The minimum atomic E-state index is 0. The number of nitrogens with zero attached hydrogens (tertiary/aromatic N) is 3. The van der Waals surface area contributed by atoms with Crippen molar-refractivity contribution in [2.24, 2.45) is 0 Å². The number of benzene rings is 1. The molecule has 0 radical (unpaired) electrons. The molecule has 1 aromatic carbocycles. The third kappa shape index (κ3) is 5.40. The van der Waals surface area contributed by atoms with E-state index in [-0.39, 0.29) is 24.8 Å². The fourth-order valence-corrected chi connectivity index (χ4v) is 5.35. The fourth-order valence-electron chi connectivity index (χ4n) is 4.40. The second-order valence-corrected chi connectivity index (χ2v) is 9.18. The van der Waals surface area contributed by atoms with Crippen LogP contribution < -0.4 is 5.32 Å². The Labute approximate surface area is 190 Å². The van der Waals surface area contributed by atoms with Crippen LogP contribution in [0.4, 0.5) is 0 Å². The highest BCUT2D eigenvalue weighted by atomic mass is 35.5. The first kappa shape index (κ1) is 24.3. The van der Waals surface area contributed by atoms with Gasteiger partial charge in [-0.2, -0.15) is 11.8 Å². The summed E-state index contributed by atoms with van der Waals surface area (Å²) in [4.78, 5) is 19.9. The maximum Gasteiger partial charge on any atom is 0.224 e. The van der Waals surface area contributed by atoms with Crippen LogP contribution in [0.2, 0.25) is 0 Å². The van der Waals surface area contributed by atoms with E-state index in [0.717, 1.165) is 55.3 Å². The number of fused-ring (bicyclic) bond motifs is 1. The van der Waals surface area contributed by atoms with Crippen LogP contribution in [0.3, 0.4) is 0 Å². The molecular formula is C21H32Cl2N4OS. The first-order chi connectivity index (χ1) is 13.1. The molecule has 2 unspecified atom stereocenters. The zero-order chi connectivity index (χ0) is 18.8. The van der Waals surface area contributed by atoms with Crippen LogP contribution in [0, 0.1) is 0 Å². The molecule has 0 bridgehead atoms. The molecular weight excluding hydrogens is 427 g/mol. The molecule has 5 nitrogen and oxygen atoms in total. The first-order valence-electron chi connectivity index (χ1n) is 10.2. The average Bonchev–Trinajstić information content (AvgIpc) is 3.09. The number of hydrogen-bond donors (Lipinski definition) is 1. The fraction of sp³-hybridized carbons (Fsp3) is 0.619. The summed E-state index contributed by atoms with van der Waals surface area (Å²) in [5, 5.41) is 3.49. The lowest BCUT2D eigenvalue weighted by molar-refractivity contribution is -0.132. The van der Waals surface area contributed by atoms with Gasteiger partial charge < -0.3 is 14.8 Å². The molecule has 0 spiro atoms. The van der Waals surface area contributed by atoms with Crippen LogP contribution >= 0.6 is 36.6 Å². The Kier molecular flexibility index (Phi) is 9.14. The number of piperidine rings is 1. The topological polar surface area (TPSA) is 50.2 Å². The third-order valence-electron chi connectivity index (χ3n) is 5.70. The van der Waals surface area contributed by atoms with Crippen molar-refractivity contribution in [3.8, 4) is 0 Å². The van der Waals surface area contributed by atoms with Crippen LogP contribution in [-0.2, 0) is 4.79 Å². The first-order valence-corrected chi connectivity index (χ1v) is 11.3. The quantitative estimate of drug-likeness (QED) is 0.743. The van der Waals surface area contributed by atoms with Gasteiger partial charge in [0.05, 0.1) is 11.0 Å². The van der Waals surface area contributed by atoms with Crippen molar-refractivity contribution in [2.75, 3.05) is 31.1 Å². The van der Waals surface area contributed by atoms with Crippen LogP contribution in [0.1, 0.15) is 50.9 Å². The van der Waals surface area contributed by atoms with Gasteiger partial charge in [0.25, 0.3) is 0 Å². The molecule has 2 aliphatic rings. The summed E-state index contributed by atoms with van der Waals surface area (Å²) in [7, 11) is 0. The molecule has 0 saturated carbocycles. The van der Waals surface area contributed by atoms with Gasteiger partial charge in [-0.1, -0.05) is 12.1 Å². The van der Waals surface area contributed by atoms with E-state index in [1.165, 1.54) is 5.52 Å². The van der Waals surface area contributed by atoms with Gasteiger partial charge in [0.15, 0.2) is 0 Å². The Morgan fingerprint density at radius 3 is 2.83 bits per heavy atom. The minimum Gasteiger partial charge on any atom is -0.342 e. The number of aromatic nitrogens is 2. The maximum atomic E-state index is 12.9. The van der Waals surface area contributed by atoms with Gasteiger partial charge in [-0.3, -0.25) is 4.79 Å². The van der Waals surface area contributed by atoms with Gasteiger partial charge >= 0.3 is 0 Å². The van der Waals surface area contributed by atoms with Crippen molar-refractivity contribution < 1.29 is 4.79 Å². The van der Waals surface area contributed by atoms with Crippen molar-refractivity contribution >= 4 is 53.5 Å². The second-order valence-electron chi connectivity index (χ2n) is 8.03. The predicted molar refractivity (Wildman–Crippen MR) is 127 cm³/mol. The zero-order valence-corrected chi connectivity index (χ0v) is 19.6. The summed E-state index contributed by atoms with van der Waals surface area (Å²) < 4.78 is 2.37. The van der Waals surface area contributed by atoms with E-state index in [1.807, 2.05) is 11.8 Å². The van der Waals surface area contributed by atoms with Crippen LogP contribution in [0.15, 0.2) is 24.3 Å². The van der Waals surface area contributed by atoms with Crippen LogP contribution in [0.25, 0.3) is 11.0 Å². The number of carbonyl (C=O) groups excluding carboxylic acids is 1. The summed E-state index contributed by atoms with van der Waals surface area (Å²) in [6.45, 7) is 7.14. The zero-order valence-electron chi connectivity index (χ0n) is 17.2.